The second-order valence-corrected chi connectivity index (χ2v) is 9.70. The van der Waals surface area contributed by atoms with E-state index >= 15 is 8.78 Å². The molecule has 0 unspecified atom stereocenters. The van der Waals surface area contributed by atoms with Crippen molar-refractivity contribution in [2.75, 3.05) is 32.3 Å². The molecular formula is C33H27F2N5O6. The molecule has 0 radical (unpaired) electrons. The number of anilines is 2. The van der Waals surface area contributed by atoms with Crippen LogP contribution in [-0.2, 0) is 11.2 Å². The minimum atomic E-state index is -1.14. The highest BCUT2D eigenvalue weighted by molar-refractivity contribution is 5.85. The van der Waals surface area contributed by atoms with Gasteiger partial charge in [0.1, 0.15) is 11.6 Å². The first-order valence-electron chi connectivity index (χ1n) is 13.8. The Bertz CT molecular complexity index is 2090. The lowest BCUT2D eigenvalue weighted by atomic mass is 10.0. The van der Waals surface area contributed by atoms with Crippen molar-refractivity contribution in [3.05, 3.63) is 105 Å². The maximum Gasteiger partial charge on any atom is 0.514 e. The van der Waals surface area contributed by atoms with Crippen molar-refractivity contribution in [3.63, 3.8) is 0 Å². The molecule has 11 nitrogen and oxygen atoms in total. The number of carbonyl (C=O) groups is 1. The zero-order chi connectivity index (χ0) is 33.0. The van der Waals surface area contributed by atoms with E-state index in [1.54, 1.807) is 49.4 Å². The van der Waals surface area contributed by atoms with Gasteiger partial charge in [-0.05, 0) is 42.8 Å². The van der Waals surface area contributed by atoms with Gasteiger partial charge < -0.3 is 35.0 Å². The van der Waals surface area contributed by atoms with E-state index in [9.17, 15) is 9.59 Å². The summed E-state index contributed by atoms with van der Waals surface area (Å²) < 4.78 is 54.0. The maximum atomic E-state index is 16.3. The van der Waals surface area contributed by atoms with E-state index in [2.05, 4.69) is 21.8 Å². The van der Waals surface area contributed by atoms with Crippen LogP contribution in [0, 0.1) is 23.5 Å². The van der Waals surface area contributed by atoms with Gasteiger partial charge in [-0.15, -0.1) is 0 Å². The van der Waals surface area contributed by atoms with E-state index in [-0.39, 0.29) is 47.0 Å². The first kappa shape index (κ1) is 31.3. The molecule has 0 saturated heterocycles. The molecule has 13 heteroatoms. The largest absolute Gasteiger partial charge is 0.514 e. The summed E-state index contributed by atoms with van der Waals surface area (Å²) in [4.78, 5) is 33.2. The number of carbonyl (C=O) groups excluding carboxylic acids is 1. The minimum absolute atomic E-state index is 0.00596. The molecule has 5 aromatic rings. The minimum Gasteiger partial charge on any atom is -0.493 e. The number of nitrogens with zero attached hydrogens (tertiary/aromatic N) is 3. The molecule has 0 aliphatic carbocycles. The monoisotopic (exact) mass is 627 g/mol. The number of para-hydroxylation sites is 1. The molecule has 234 valence electrons. The Morgan fingerprint density at radius 2 is 1.78 bits per heavy atom. The maximum absolute atomic E-state index is 16.3. The van der Waals surface area contributed by atoms with Gasteiger partial charge in [0.05, 0.1) is 49.1 Å². The number of fused-ring (bicyclic) bond motifs is 1. The third-order valence-corrected chi connectivity index (χ3v) is 6.81. The number of ether oxygens (including phenoxy) is 4. The third-order valence-electron chi connectivity index (χ3n) is 6.81. The molecule has 0 saturated carbocycles. The molecule has 46 heavy (non-hydrogen) atoms. The molecule has 0 aliphatic rings. The molecule has 5 rings (SSSR count). The number of hydrogen-bond donors (Lipinski definition) is 2. The number of nitrogen functional groups attached to an aromatic ring is 2. The molecule has 2 aromatic heterocycles. The Balaban J connectivity index is 1.68. The van der Waals surface area contributed by atoms with Crippen molar-refractivity contribution in [3.8, 4) is 34.8 Å². The van der Waals surface area contributed by atoms with Crippen LogP contribution >= 0.6 is 0 Å². The van der Waals surface area contributed by atoms with Crippen LogP contribution in [0.25, 0.3) is 16.6 Å². The summed E-state index contributed by atoms with van der Waals surface area (Å²) in [5, 5.41) is -0.379. The van der Waals surface area contributed by atoms with Crippen LogP contribution < -0.4 is 31.1 Å². The zero-order valence-electron chi connectivity index (χ0n) is 24.9. The van der Waals surface area contributed by atoms with Gasteiger partial charge in [-0.3, -0.25) is 4.79 Å². The van der Waals surface area contributed by atoms with Crippen molar-refractivity contribution in [2.45, 2.75) is 13.3 Å². The Kier molecular flexibility index (Phi) is 8.99. The van der Waals surface area contributed by atoms with Crippen LogP contribution in [0.15, 0.2) is 65.7 Å². The van der Waals surface area contributed by atoms with Crippen molar-refractivity contribution in [2.24, 2.45) is 0 Å². The van der Waals surface area contributed by atoms with E-state index in [0.29, 0.717) is 22.6 Å². The quantitative estimate of drug-likeness (QED) is 0.191. The summed E-state index contributed by atoms with van der Waals surface area (Å²) in [6.07, 6.45) is 1.76. The molecule has 0 bridgehead atoms. The standard InChI is InChI=1S/C33H27F2N5O6/c1-4-45-33(42)46-26-17-40(21-8-6-5-7-9-21)28-23(29(26)41)15-24(34)22(27(28)35)11-10-19-12-18(14-25(43-2)30(19)44-3)13-20-16-38-32(37)39-31(20)36/h5-9,12,14-17H,4,13H2,1-3H3,(H4,36,37,38,39). The Hall–Kier alpha value is -6.16. The second-order valence-electron chi connectivity index (χ2n) is 9.70. The Morgan fingerprint density at radius 1 is 1.02 bits per heavy atom. The van der Waals surface area contributed by atoms with Gasteiger partial charge in [0.2, 0.25) is 11.4 Å². The normalized spacial score (nSPS) is 10.6. The first-order chi connectivity index (χ1) is 22.1. The summed E-state index contributed by atoms with van der Waals surface area (Å²) >= 11 is 0. The molecular weight excluding hydrogens is 600 g/mol. The molecule has 0 spiro atoms. The number of hydrogen-bond acceptors (Lipinski definition) is 10. The van der Waals surface area contributed by atoms with E-state index in [1.165, 1.54) is 25.0 Å². The number of aromatic nitrogens is 3. The zero-order valence-corrected chi connectivity index (χ0v) is 24.9. The fraction of sp³-hybridized carbons (Fsp3) is 0.152. The van der Waals surface area contributed by atoms with E-state index < -0.39 is 34.5 Å². The van der Waals surface area contributed by atoms with Crippen LogP contribution in [0.1, 0.15) is 29.2 Å². The average molecular weight is 628 g/mol. The summed E-state index contributed by atoms with van der Waals surface area (Å²) in [5.41, 5.74) is 11.7. The number of halogens is 2. The molecule has 0 amide bonds. The highest BCUT2D eigenvalue weighted by Crippen LogP contribution is 2.34. The Labute approximate surface area is 261 Å². The molecule has 4 N–H and O–H groups in total. The van der Waals surface area contributed by atoms with Crippen molar-refractivity contribution in [1.29, 1.82) is 0 Å². The van der Waals surface area contributed by atoms with E-state index in [1.807, 2.05) is 0 Å². The summed E-state index contributed by atoms with van der Waals surface area (Å²) in [5.74, 6) is 3.40. The average Bonchev–Trinajstić information content (AvgIpc) is 3.04. The fourth-order valence-corrected chi connectivity index (χ4v) is 4.74. The molecule has 2 heterocycles. The van der Waals surface area contributed by atoms with Crippen LogP contribution in [0.5, 0.6) is 17.2 Å². The first-order valence-corrected chi connectivity index (χ1v) is 13.8. The predicted octanol–water partition coefficient (Wildman–Crippen LogP) is 4.77. The highest BCUT2D eigenvalue weighted by Gasteiger charge is 2.22. The number of methoxy groups -OCH3 is 2. The lowest BCUT2D eigenvalue weighted by Crippen LogP contribution is -2.19. The topological polar surface area (TPSA) is 154 Å². The molecule has 0 fully saturated rings. The van der Waals surface area contributed by atoms with Crippen LogP contribution in [0.2, 0.25) is 0 Å². The van der Waals surface area contributed by atoms with Gasteiger partial charge in [-0.25, -0.2) is 18.6 Å². The predicted molar refractivity (Wildman–Crippen MR) is 166 cm³/mol. The lowest BCUT2D eigenvalue weighted by molar-refractivity contribution is 0.104. The summed E-state index contributed by atoms with van der Waals surface area (Å²) in [7, 11) is 2.84. The number of pyridine rings is 1. The van der Waals surface area contributed by atoms with E-state index in [4.69, 9.17) is 30.4 Å². The van der Waals surface area contributed by atoms with Crippen LogP contribution in [0.4, 0.5) is 25.3 Å². The van der Waals surface area contributed by atoms with Crippen LogP contribution in [-0.4, -0.2) is 41.5 Å². The summed E-state index contributed by atoms with van der Waals surface area (Å²) in [6.45, 7) is 1.55. The Morgan fingerprint density at radius 3 is 2.46 bits per heavy atom. The number of rotatable bonds is 7. The molecule has 0 aliphatic heterocycles. The van der Waals surface area contributed by atoms with E-state index in [0.717, 1.165) is 12.3 Å². The summed E-state index contributed by atoms with van der Waals surface area (Å²) in [6, 6.07) is 12.6. The van der Waals surface area contributed by atoms with Gasteiger partial charge in [-0.1, -0.05) is 30.0 Å². The molecule has 0 atom stereocenters. The van der Waals surface area contributed by atoms with Crippen molar-refractivity contribution >= 4 is 28.8 Å². The number of nitrogens with two attached hydrogens (primary N) is 2. The smallest absolute Gasteiger partial charge is 0.493 e. The van der Waals surface area contributed by atoms with Gasteiger partial charge in [0.15, 0.2) is 23.1 Å². The van der Waals surface area contributed by atoms with Gasteiger partial charge in [0, 0.05) is 23.9 Å². The fourth-order valence-electron chi connectivity index (χ4n) is 4.74. The second kappa shape index (κ2) is 13.2. The van der Waals surface area contributed by atoms with Crippen LogP contribution in [0.3, 0.4) is 0 Å². The van der Waals surface area contributed by atoms with Crippen molar-refractivity contribution < 1.29 is 32.5 Å². The SMILES string of the molecule is CCOC(=O)Oc1cn(-c2ccccc2)c2c(F)c(C#Cc3cc(Cc4cnc(N)nc4N)cc(OC)c3OC)c(F)cc2c1=O. The highest BCUT2D eigenvalue weighted by atomic mass is 19.1. The lowest BCUT2D eigenvalue weighted by Gasteiger charge is -2.15. The number of benzene rings is 3. The van der Waals surface area contributed by atoms with Gasteiger partial charge in [0.25, 0.3) is 0 Å². The van der Waals surface area contributed by atoms with Crippen molar-refractivity contribution in [1.82, 2.24) is 14.5 Å². The van der Waals surface area contributed by atoms with Gasteiger partial charge in [-0.2, -0.15) is 4.98 Å². The third kappa shape index (κ3) is 6.22. The van der Waals surface area contributed by atoms with Gasteiger partial charge >= 0.3 is 6.16 Å². The molecule has 3 aromatic carbocycles.